The predicted molar refractivity (Wildman–Crippen MR) is 180 cm³/mol. The van der Waals surface area contributed by atoms with Crippen LogP contribution >= 0.6 is 0 Å². The molecule has 50 heavy (non-hydrogen) atoms. The average molecular weight is 695 g/mol. The highest BCUT2D eigenvalue weighted by Crippen LogP contribution is 2.67. The smallest absolute Gasteiger partial charge is 0.335 e. The fourth-order valence-electron chi connectivity index (χ4n) is 9.55. The first-order chi connectivity index (χ1) is 23.5. The fourth-order valence-corrected chi connectivity index (χ4v) is 9.55. The monoisotopic (exact) mass is 694 g/mol. The summed E-state index contributed by atoms with van der Waals surface area (Å²) in [6, 6.07) is 5.16. The number of aromatic carboxylic acids is 1. The van der Waals surface area contributed by atoms with Crippen LogP contribution < -0.4 is 10.6 Å². The van der Waals surface area contributed by atoms with Gasteiger partial charge in [0, 0.05) is 24.8 Å². The van der Waals surface area contributed by atoms with Crippen LogP contribution in [-0.2, 0) is 35.3 Å². The molecule has 3 saturated carbocycles. The Morgan fingerprint density at radius 2 is 1.70 bits per heavy atom. The van der Waals surface area contributed by atoms with Crippen LogP contribution in [0.4, 0.5) is 0 Å². The lowest BCUT2D eigenvalue weighted by molar-refractivity contribution is -0.184. The van der Waals surface area contributed by atoms with Crippen LogP contribution in [0.15, 0.2) is 35.9 Å². The first kappa shape index (κ1) is 37.4. The molecule has 12 nitrogen and oxygen atoms in total. The number of carboxylic acid groups (broad SMARTS) is 1. The topological polar surface area (TPSA) is 196 Å². The normalized spacial score (nSPS) is 32.1. The van der Waals surface area contributed by atoms with E-state index in [0.29, 0.717) is 24.8 Å². The Labute approximate surface area is 292 Å². The number of allylic oxidation sites excluding steroid dienone is 1. The Bertz CT molecular complexity index is 1570. The molecule has 1 aromatic carbocycles. The molecule has 0 aromatic heterocycles. The minimum atomic E-state index is -1.78. The highest BCUT2D eigenvalue weighted by Gasteiger charge is 2.68. The van der Waals surface area contributed by atoms with Crippen molar-refractivity contribution in [1.29, 1.82) is 0 Å². The highest BCUT2D eigenvalue weighted by molar-refractivity contribution is 5.93. The van der Waals surface area contributed by atoms with Crippen LogP contribution in [0.25, 0.3) is 0 Å². The molecule has 5 N–H and O–H groups in total. The van der Waals surface area contributed by atoms with E-state index in [2.05, 4.69) is 17.6 Å². The SMILES string of the molecule is CC(C)C(NC(=O)CCC(=O)OCC(=O)C1(O)CCC2C3CCC4=CC(=O)CCC4(C)C3C(O)CC21C)C(=O)NCc1ccc(C(=O)O)cc1. The van der Waals surface area contributed by atoms with E-state index in [9.17, 15) is 39.0 Å². The molecule has 272 valence electrons. The van der Waals surface area contributed by atoms with Crippen molar-refractivity contribution in [3.63, 3.8) is 0 Å². The van der Waals surface area contributed by atoms with Gasteiger partial charge < -0.3 is 30.7 Å². The molecule has 0 saturated heterocycles. The number of Topliss-reactive ketones (excluding diaryl/α,β-unsaturated/α-hetero) is 1. The molecule has 3 fully saturated rings. The fraction of sp³-hybridized carbons (Fsp3) is 0.632. The average Bonchev–Trinajstić information content (AvgIpc) is 3.34. The second-order valence-corrected chi connectivity index (χ2v) is 15.6. The number of carbonyl (C=O) groups excluding carboxylic acids is 5. The molecule has 0 spiro atoms. The summed E-state index contributed by atoms with van der Waals surface area (Å²) < 4.78 is 5.25. The summed E-state index contributed by atoms with van der Waals surface area (Å²) in [7, 11) is 0. The van der Waals surface area contributed by atoms with E-state index in [0.717, 1.165) is 18.4 Å². The van der Waals surface area contributed by atoms with Crippen molar-refractivity contribution >= 4 is 35.3 Å². The van der Waals surface area contributed by atoms with Crippen molar-refractivity contribution in [2.75, 3.05) is 6.61 Å². The van der Waals surface area contributed by atoms with E-state index in [-0.39, 0.29) is 72.7 Å². The van der Waals surface area contributed by atoms with Crippen molar-refractivity contribution in [1.82, 2.24) is 10.6 Å². The van der Waals surface area contributed by atoms with Gasteiger partial charge in [-0.1, -0.05) is 45.4 Å². The number of hydrogen-bond donors (Lipinski definition) is 5. The van der Waals surface area contributed by atoms with E-state index >= 15 is 0 Å². The van der Waals surface area contributed by atoms with Gasteiger partial charge in [-0.15, -0.1) is 0 Å². The Balaban J connectivity index is 1.11. The summed E-state index contributed by atoms with van der Waals surface area (Å²) in [6.45, 7) is 7.01. The maximum absolute atomic E-state index is 13.6. The van der Waals surface area contributed by atoms with Gasteiger partial charge in [0.15, 0.2) is 12.4 Å². The zero-order chi connectivity index (χ0) is 36.6. The number of fused-ring (bicyclic) bond motifs is 5. The molecule has 0 heterocycles. The van der Waals surface area contributed by atoms with Crippen molar-refractivity contribution in [3.8, 4) is 0 Å². The molecule has 8 atom stereocenters. The molecule has 4 aliphatic rings. The molecule has 0 bridgehead atoms. The lowest BCUT2D eigenvalue weighted by Gasteiger charge is -2.60. The quantitative estimate of drug-likeness (QED) is 0.203. The number of hydrogen-bond acceptors (Lipinski definition) is 9. The van der Waals surface area contributed by atoms with Crippen LogP contribution in [0.5, 0.6) is 0 Å². The minimum Gasteiger partial charge on any atom is -0.478 e. The van der Waals surface area contributed by atoms with Crippen LogP contribution in [0.3, 0.4) is 0 Å². The van der Waals surface area contributed by atoms with Gasteiger partial charge in [0.05, 0.1) is 18.1 Å². The van der Waals surface area contributed by atoms with Gasteiger partial charge in [-0.05, 0) is 91.4 Å². The first-order valence-electron chi connectivity index (χ1n) is 17.7. The number of carbonyl (C=O) groups is 6. The number of amides is 2. The first-order valence-corrected chi connectivity index (χ1v) is 17.7. The number of esters is 1. The second-order valence-electron chi connectivity index (χ2n) is 15.6. The molecular formula is C38H50N2O10. The summed E-state index contributed by atoms with van der Waals surface area (Å²) in [5.74, 6) is -3.58. The summed E-state index contributed by atoms with van der Waals surface area (Å²) in [5, 5.41) is 37.9. The standard InChI is InChI=1S/C38H50N2O10/c1-21(2)33(34(46)39-19-22-5-7-23(8-6-22)35(47)48)40-30(44)11-12-31(45)50-20-29(43)38(49)16-14-27-26-10-9-24-17-25(41)13-15-36(24,3)32(26)28(42)18-37(27,38)4/h5-8,17,21,26-28,32-33,42,49H,9-16,18-20H2,1-4H3,(H,39,46)(H,40,44)(H,47,48). The Kier molecular flexibility index (Phi) is 10.7. The number of rotatable bonds is 12. The molecule has 5 rings (SSSR count). The third-order valence-electron chi connectivity index (χ3n) is 12.4. The third-order valence-corrected chi connectivity index (χ3v) is 12.4. The molecule has 8 unspecified atom stereocenters. The van der Waals surface area contributed by atoms with Crippen LogP contribution in [0.2, 0.25) is 0 Å². The third kappa shape index (κ3) is 7.01. The Morgan fingerprint density at radius 3 is 2.36 bits per heavy atom. The van der Waals surface area contributed by atoms with Crippen LogP contribution in [0, 0.1) is 34.5 Å². The maximum Gasteiger partial charge on any atom is 0.335 e. The number of aliphatic hydroxyl groups excluding tert-OH is 1. The molecule has 2 amide bonds. The van der Waals surface area contributed by atoms with Crippen LogP contribution in [0.1, 0.15) is 101 Å². The highest BCUT2D eigenvalue weighted by atomic mass is 16.5. The summed E-state index contributed by atoms with van der Waals surface area (Å²) in [6.07, 6.45) is 4.11. The number of ether oxygens (including phenoxy) is 1. The van der Waals surface area contributed by atoms with Gasteiger partial charge in [0.1, 0.15) is 11.6 Å². The number of aliphatic hydroxyl groups is 2. The van der Waals surface area contributed by atoms with E-state index in [1.807, 2.05) is 6.92 Å². The number of carboxylic acids is 1. The van der Waals surface area contributed by atoms with E-state index in [4.69, 9.17) is 9.84 Å². The molecular weight excluding hydrogens is 644 g/mol. The number of benzene rings is 1. The molecule has 1 aromatic rings. The van der Waals surface area contributed by atoms with Gasteiger partial charge in [0.2, 0.25) is 17.6 Å². The zero-order valence-electron chi connectivity index (χ0n) is 29.3. The van der Waals surface area contributed by atoms with Gasteiger partial charge in [-0.2, -0.15) is 0 Å². The predicted octanol–water partition coefficient (Wildman–Crippen LogP) is 3.27. The van der Waals surface area contributed by atoms with Crippen molar-refractivity contribution in [2.45, 2.75) is 110 Å². The largest absolute Gasteiger partial charge is 0.478 e. The van der Waals surface area contributed by atoms with Gasteiger partial charge in [-0.25, -0.2) is 4.79 Å². The zero-order valence-corrected chi connectivity index (χ0v) is 29.3. The van der Waals surface area contributed by atoms with E-state index in [1.54, 1.807) is 32.1 Å². The van der Waals surface area contributed by atoms with E-state index < -0.39 is 59.3 Å². The number of nitrogens with one attached hydrogen (secondary N) is 2. The van der Waals surface area contributed by atoms with Gasteiger partial charge >= 0.3 is 11.9 Å². The van der Waals surface area contributed by atoms with Crippen molar-refractivity contribution in [2.24, 2.45) is 34.5 Å². The Hall–Kier alpha value is -3.90. The maximum atomic E-state index is 13.6. The van der Waals surface area contributed by atoms with Crippen LogP contribution in [-0.4, -0.2) is 75.0 Å². The Morgan fingerprint density at radius 1 is 1.00 bits per heavy atom. The van der Waals surface area contributed by atoms with Crippen molar-refractivity contribution < 1.29 is 48.8 Å². The van der Waals surface area contributed by atoms with Gasteiger partial charge in [0.25, 0.3) is 0 Å². The lowest BCUT2D eigenvalue weighted by atomic mass is 9.45. The molecule has 4 aliphatic carbocycles. The summed E-state index contributed by atoms with van der Waals surface area (Å²) in [4.78, 5) is 75.0. The molecule has 0 aliphatic heterocycles. The second kappa shape index (κ2) is 14.4. The van der Waals surface area contributed by atoms with Gasteiger partial charge in [-0.3, -0.25) is 24.0 Å². The molecule has 0 radical (unpaired) electrons. The summed E-state index contributed by atoms with van der Waals surface area (Å²) in [5.41, 5.74) is -1.07. The van der Waals surface area contributed by atoms with E-state index in [1.165, 1.54) is 12.1 Å². The summed E-state index contributed by atoms with van der Waals surface area (Å²) >= 11 is 0. The number of ketones is 2. The van der Waals surface area contributed by atoms with Crippen molar-refractivity contribution in [3.05, 3.63) is 47.0 Å². The molecule has 12 heteroatoms. The lowest BCUT2D eigenvalue weighted by Crippen LogP contribution is -2.62. The minimum absolute atomic E-state index is 0.0103.